The number of allylic oxidation sites excluding steroid dienone is 1. The maximum Gasteiger partial charge on any atom is 0.231 e. The number of Topliss-reactive ketones (excluding diaryl/α,β-unsaturated/α-hetero) is 1. The van der Waals surface area contributed by atoms with Crippen LogP contribution >= 0.6 is 0 Å². The number of hydrogen-bond donors (Lipinski definition) is 0. The molecule has 2 aliphatic rings. The fourth-order valence-corrected chi connectivity index (χ4v) is 3.92. The van der Waals surface area contributed by atoms with Gasteiger partial charge in [-0.15, -0.1) is 0 Å². The van der Waals surface area contributed by atoms with Crippen molar-refractivity contribution >= 4 is 11.9 Å². The molecule has 0 spiro atoms. The molecule has 0 radical (unpaired) electrons. The summed E-state index contributed by atoms with van der Waals surface area (Å²) in [6.45, 7) is 1.70. The third-order valence-electron chi connectivity index (χ3n) is 5.50. The van der Waals surface area contributed by atoms with Crippen LogP contribution < -0.4 is 18.9 Å². The molecule has 0 unspecified atom stereocenters. The van der Waals surface area contributed by atoms with Crippen LogP contribution in [0.3, 0.4) is 0 Å². The molecule has 0 N–H and O–H groups in total. The highest BCUT2D eigenvalue weighted by molar-refractivity contribution is 6.15. The molecule has 0 atom stereocenters. The van der Waals surface area contributed by atoms with Crippen LogP contribution in [-0.4, -0.2) is 36.6 Å². The van der Waals surface area contributed by atoms with Gasteiger partial charge in [0, 0.05) is 19.3 Å². The minimum absolute atomic E-state index is 0.153. The number of benzene rings is 2. The zero-order chi connectivity index (χ0) is 22.1. The molecule has 0 amide bonds. The highest BCUT2D eigenvalue weighted by Gasteiger charge is 2.33. The van der Waals surface area contributed by atoms with Gasteiger partial charge < -0.3 is 18.9 Å². The monoisotopic (exact) mass is 430 g/mol. The van der Waals surface area contributed by atoms with E-state index in [1.54, 1.807) is 44.7 Å². The molecule has 3 aromatic rings. The summed E-state index contributed by atoms with van der Waals surface area (Å²) >= 11 is 0. The normalized spacial score (nSPS) is 16.2. The minimum Gasteiger partial charge on any atom is -0.493 e. The highest BCUT2D eigenvalue weighted by Crippen LogP contribution is 2.42. The summed E-state index contributed by atoms with van der Waals surface area (Å²) in [5.41, 5.74) is 3.14. The lowest BCUT2D eigenvalue weighted by atomic mass is 10.0. The lowest BCUT2D eigenvalue weighted by Crippen LogP contribution is -2.32. The topological polar surface area (TPSA) is 70.1 Å². The number of fused-ring (bicyclic) bond motifs is 3. The standard InChI is InChI=1S/C25H22N2O5/c1-29-21-8-6-16(11-22(21)30-2)12-23-24(28)18-7-9-20-19(25(18)32-23)14-27(15-31-20)13-17-5-3-4-10-26-17/h3-12H,13-15H2,1-2H3/b23-12-. The van der Waals surface area contributed by atoms with E-state index in [1.165, 1.54) is 0 Å². The number of aromatic nitrogens is 1. The zero-order valence-corrected chi connectivity index (χ0v) is 17.8. The van der Waals surface area contributed by atoms with Gasteiger partial charge in [-0.1, -0.05) is 12.1 Å². The van der Waals surface area contributed by atoms with Crippen LogP contribution in [-0.2, 0) is 13.1 Å². The number of carbonyl (C=O) groups excluding carboxylic acids is 1. The van der Waals surface area contributed by atoms with Gasteiger partial charge in [0.1, 0.15) is 18.2 Å². The quantitative estimate of drug-likeness (QED) is 0.565. The zero-order valence-electron chi connectivity index (χ0n) is 17.8. The molecule has 2 aliphatic heterocycles. The van der Waals surface area contributed by atoms with E-state index in [0.717, 1.165) is 22.6 Å². The van der Waals surface area contributed by atoms with E-state index in [0.29, 0.717) is 42.6 Å². The van der Waals surface area contributed by atoms with E-state index >= 15 is 0 Å². The van der Waals surface area contributed by atoms with Gasteiger partial charge in [-0.2, -0.15) is 0 Å². The van der Waals surface area contributed by atoms with Crippen LogP contribution in [0.5, 0.6) is 23.0 Å². The first-order valence-corrected chi connectivity index (χ1v) is 10.2. The van der Waals surface area contributed by atoms with E-state index in [9.17, 15) is 4.79 Å². The molecule has 7 nitrogen and oxygen atoms in total. The predicted molar refractivity (Wildman–Crippen MR) is 118 cm³/mol. The number of ketones is 1. The number of hydrogen-bond acceptors (Lipinski definition) is 7. The van der Waals surface area contributed by atoms with Gasteiger partial charge in [0.05, 0.1) is 31.0 Å². The Morgan fingerprint density at radius 1 is 1.09 bits per heavy atom. The molecule has 162 valence electrons. The second kappa shape index (κ2) is 8.36. The second-order valence-electron chi connectivity index (χ2n) is 7.55. The van der Waals surface area contributed by atoms with E-state index in [2.05, 4.69) is 9.88 Å². The Morgan fingerprint density at radius 2 is 1.97 bits per heavy atom. The first-order chi connectivity index (χ1) is 15.7. The Balaban J connectivity index is 1.42. The van der Waals surface area contributed by atoms with Crippen molar-refractivity contribution < 1.29 is 23.7 Å². The van der Waals surface area contributed by atoms with Crippen molar-refractivity contribution in [3.05, 3.63) is 82.9 Å². The van der Waals surface area contributed by atoms with Gasteiger partial charge in [-0.05, 0) is 48.0 Å². The van der Waals surface area contributed by atoms with Gasteiger partial charge in [0.15, 0.2) is 17.3 Å². The molecular weight excluding hydrogens is 408 g/mol. The van der Waals surface area contributed by atoms with Gasteiger partial charge >= 0.3 is 0 Å². The second-order valence-corrected chi connectivity index (χ2v) is 7.55. The largest absolute Gasteiger partial charge is 0.493 e. The fourth-order valence-electron chi connectivity index (χ4n) is 3.92. The Kier molecular flexibility index (Phi) is 5.25. The van der Waals surface area contributed by atoms with E-state index in [-0.39, 0.29) is 11.5 Å². The summed E-state index contributed by atoms with van der Waals surface area (Å²) < 4.78 is 22.6. The highest BCUT2D eigenvalue weighted by atomic mass is 16.5. The predicted octanol–water partition coefficient (Wildman–Crippen LogP) is 4.07. The van der Waals surface area contributed by atoms with E-state index in [1.807, 2.05) is 30.3 Å². The molecule has 0 bridgehead atoms. The van der Waals surface area contributed by atoms with Gasteiger partial charge in [-0.3, -0.25) is 14.7 Å². The molecule has 1 aromatic heterocycles. The van der Waals surface area contributed by atoms with Crippen LogP contribution in [0.4, 0.5) is 0 Å². The van der Waals surface area contributed by atoms with Crippen LogP contribution in [0.1, 0.15) is 27.2 Å². The van der Waals surface area contributed by atoms with Crippen molar-refractivity contribution in [1.29, 1.82) is 0 Å². The molecule has 0 saturated heterocycles. The molecule has 3 heterocycles. The average Bonchev–Trinajstić information content (AvgIpc) is 3.15. The first kappa shape index (κ1) is 20.1. The molecule has 32 heavy (non-hydrogen) atoms. The molecule has 0 fully saturated rings. The van der Waals surface area contributed by atoms with Gasteiger partial charge in [0.25, 0.3) is 0 Å². The van der Waals surface area contributed by atoms with Crippen LogP contribution in [0.2, 0.25) is 0 Å². The summed E-state index contributed by atoms with van der Waals surface area (Å²) in [5, 5.41) is 0. The number of carbonyl (C=O) groups is 1. The molecule has 7 heteroatoms. The average molecular weight is 430 g/mol. The van der Waals surface area contributed by atoms with Crippen molar-refractivity contribution in [3.63, 3.8) is 0 Å². The third kappa shape index (κ3) is 3.67. The maximum atomic E-state index is 13.0. The molecule has 0 saturated carbocycles. The smallest absolute Gasteiger partial charge is 0.231 e. The van der Waals surface area contributed by atoms with Crippen molar-refractivity contribution in [2.45, 2.75) is 13.1 Å². The van der Waals surface area contributed by atoms with Crippen LogP contribution in [0, 0.1) is 0 Å². The minimum atomic E-state index is -0.153. The lowest BCUT2D eigenvalue weighted by molar-refractivity contribution is 0.0861. The maximum absolute atomic E-state index is 13.0. The number of methoxy groups -OCH3 is 2. The van der Waals surface area contributed by atoms with Crippen LogP contribution in [0.25, 0.3) is 6.08 Å². The molecule has 0 aliphatic carbocycles. The molecule has 5 rings (SSSR count). The summed E-state index contributed by atoms with van der Waals surface area (Å²) in [5.74, 6) is 2.62. The van der Waals surface area contributed by atoms with Crippen LogP contribution in [0.15, 0.2) is 60.5 Å². The first-order valence-electron chi connectivity index (χ1n) is 10.2. The Hall–Kier alpha value is -3.84. The Labute approximate surface area is 185 Å². The molecular formula is C25H22N2O5. The number of rotatable bonds is 5. The van der Waals surface area contributed by atoms with Gasteiger partial charge in [0.2, 0.25) is 5.78 Å². The Morgan fingerprint density at radius 3 is 2.75 bits per heavy atom. The summed E-state index contributed by atoms with van der Waals surface area (Å²) in [7, 11) is 3.16. The number of pyridine rings is 1. The summed E-state index contributed by atoms with van der Waals surface area (Å²) in [4.78, 5) is 19.5. The van der Waals surface area contributed by atoms with Crippen molar-refractivity contribution in [2.24, 2.45) is 0 Å². The fraction of sp³-hybridized carbons (Fsp3) is 0.200. The van der Waals surface area contributed by atoms with Crippen molar-refractivity contribution in [3.8, 4) is 23.0 Å². The van der Waals surface area contributed by atoms with Gasteiger partial charge in [-0.25, -0.2) is 0 Å². The number of nitrogens with zero attached hydrogens (tertiary/aromatic N) is 2. The summed E-state index contributed by atoms with van der Waals surface area (Å²) in [6, 6.07) is 14.9. The lowest BCUT2D eigenvalue weighted by Gasteiger charge is -2.29. The van der Waals surface area contributed by atoms with E-state index in [4.69, 9.17) is 18.9 Å². The Bertz CT molecular complexity index is 1210. The van der Waals surface area contributed by atoms with E-state index < -0.39 is 0 Å². The third-order valence-corrected chi connectivity index (χ3v) is 5.50. The van der Waals surface area contributed by atoms with Crippen molar-refractivity contribution in [1.82, 2.24) is 9.88 Å². The molecule has 2 aromatic carbocycles. The number of ether oxygens (including phenoxy) is 4. The summed E-state index contributed by atoms with van der Waals surface area (Å²) in [6.07, 6.45) is 3.49. The SMILES string of the molecule is COc1ccc(/C=C2\Oc3c(ccc4c3CN(Cc3ccccn3)CO4)C2=O)cc1OC. The van der Waals surface area contributed by atoms with Crippen molar-refractivity contribution in [2.75, 3.05) is 21.0 Å².